The van der Waals surface area contributed by atoms with Crippen LogP contribution in [0.5, 0.6) is 0 Å². The van der Waals surface area contributed by atoms with Crippen LogP contribution in [0.4, 0.5) is 17.1 Å². The van der Waals surface area contributed by atoms with Crippen LogP contribution in [0.25, 0.3) is 27.8 Å². The van der Waals surface area contributed by atoms with E-state index in [1.165, 1.54) is 104 Å². The number of fused-ring (bicyclic) bond motifs is 19. The van der Waals surface area contributed by atoms with E-state index in [9.17, 15) is 0 Å². The maximum atomic E-state index is 2.72. The molecule has 1 nitrogen and oxygen atoms in total. The molecule has 0 amide bonds. The Balaban J connectivity index is 1.09. The van der Waals surface area contributed by atoms with Crippen LogP contribution in [0.3, 0.4) is 0 Å². The topological polar surface area (TPSA) is 3.24 Å². The fraction of sp³-hybridized carbons (Fsp3) is 0.288. The lowest BCUT2D eigenvalue weighted by Gasteiger charge is -2.41. The van der Waals surface area contributed by atoms with E-state index in [0.29, 0.717) is 11.8 Å². The van der Waals surface area contributed by atoms with Gasteiger partial charge in [-0.2, -0.15) is 0 Å². The first-order chi connectivity index (χ1) is 35.6. The van der Waals surface area contributed by atoms with Gasteiger partial charge < -0.3 is 4.90 Å². The number of allylic oxidation sites excluding steroid dienone is 4. The van der Waals surface area contributed by atoms with Crippen LogP contribution in [-0.2, 0) is 27.1 Å². The van der Waals surface area contributed by atoms with Gasteiger partial charge in [0.15, 0.2) is 0 Å². The smallest absolute Gasteiger partial charge is 0.0736 e. The molecule has 0 radical (unpaired) electrons. The summed E-state index contributed by atoms with van der Waals surface area (Å²) in [6.45, 7) is 30.9. The summed E-state index contributed by atoms with van der Waals surface area (Å²) >= 11 is 1.94. The monoisotopic (exact) mass is 994 g/mol. The number of hydrogen-bond donors (Lipinski definition) is 0. The van der Waals surface area contributed by atoms with Crippen LogP contribution in [0.1, 0.15) is 151 Å². The highest BCUT2D eigenvalue weighted by atomic mass is 32.2. The van der Waals surface area contributed by atoms with Crippen molar-refractivity contribution in [2.45, 2.75) is 127 Å². The molecule has 8 aromatic carbocycles. The van der Waals surface area contributed by atoms with Crippen molar-refractivity contribution in [3.63, 3.8) is 0 Å². The average Bonchev–Trinajstić information content (AvgIpc) is 3.98. The number of benzene rings is 8. The maximum absolute atomic E-state index is 2.72. The average molecular weight is 994 g/mol. The molecule has 13 rings (SSSR count). The molecule has 0 saturated heterocycles. The zero-order valence-electron chi connectivity index (χ0n) is 46.3. The Kier molecular flexibility index (Phi) is 10.4. The fourth-order valence-corrected chi connectivity index (χ4v) is 15.4. The van der Waals surface area contributed by atoms with Gasteiger partial charge >= 0.3 is 0 Å². The molecule has 4 aliphatic carbocycles. The van der Waals surface area contributed by atoms with Crippen LogP contribution in [0.15, 0.2) is 197 Å². The number of anilines is 3. The van der Waals surface area contributed by atoms with Crippen LogP contribution in [-0.4, -0.2) is 0 Å². The van der Waals surface area contributed by atoms with Crippen molar-refractivity contribution in [1.29, 1.82) is 0 Å². The van der Waals surface area contributed by atoms with Gasteiger partial charge in [0, 0.05) is 26.9 Å². The van der Waals surface area contributed by atoms with E-state index in [4.69, 9.17) is 0 Å². The van der Waals surface area contributed by atoms with E-state index in [1.807, 2.05) is 11.8 Å². The number of para-hydroxylation sites is 1. The zero-order chi connectivity index (χ0) is 52.4. The van der Waals surface area contributed by atoms with Gasteiger partial charge in [-0.05, 0) is 177 Å². The normalized spacial score (nSPS) is 19.5. The molecular weight excluding hydrogens is 923 g/mol. The predicted octanol–water partition coefficient (Wildman–Crippen LogP) is 19.8. The second-order valence-corrected chi connectivity index (χ2v) is 27.8. The maximum Gasteiger partial charge on any atom is 0.0736 e. The minimum absolute atomic E-state index is 0.0217. The highest BCUT2D eigenvalue weighted by Gasteiger charge is 2.56. The standard InChI is InChI=1S/C73H71NS/c1-44-37-56-55-32-27-45(68(2,3)4)38-60(55)72(63(56)43-59(44)71(11,12)13)57-25-19-17-23-51(57)53-33-30-49(41-61(53)72)74(48-21-15-14-16-22-48)50-31-34-54-52-24-18-20-26-58(52)73(62(54)42-50)64-39-46(69(5,6)7)28-35-66(64)75-67-36-29-47(40-65(67)73)70(8,9)10/h14-44,59H,1-13H3. The molecular formula is C73H71NS. The first-order valence-electron chi connectivity index (χ1n) is 27.5. The van der Waals surface area contributed by atoms with Crippen LogP contribution in [0, 0.1) is 17.3 Å². The minimum Gasteiger partial charge on any atom is -0.310 e. The lowest BCUT2D eigenvalue weighted by Crippen LogP contribution is -2.33. The Morgan fingerprint density at radius 2 is 0.800 bits per heavy atom. The number of rotatable bonds is 3. The fourth-order valence-electron chi connectivity index (χ4n) is 14.2. The Morgan fingerprint density at radius 1 is 0.373 bits per heavy atom. The Labute approximate surface area is 451 Å². The largest absolute Gasteiger partial charge is 0.310 e. The van der Waals surface area contributed by atoms with E-state index in [0.717, 1.165) is 17.1 Å². The third kappa shape index (κ3) is 6.90. The summed E-state index contributed by atoms with van der Waals surface area (Å²) in [5.74, 6) is 0.779. The summed E-state index contributed by atoms with van der Waals surface area (Å²) in [5.41, 5.74) is 25.6. The van der Waals surface area contributed by atoms with Crippen molar-refractivity contribution >= 4 is 34.4 Å². The van der Waals surface area contributed by atoms with Crippen molar-refractivity contribution in [3.8, 4) is 22.3 Å². The quantitative estimate of drug-likeness (QED) is 0.174. The molecule has 2 heteroatoms. The summed E-state index contributed by atoms with van der Waals surface area (Å²) in [5, 5.41) is 0. The first kappa shape index (κ1) is 48.1. The summed E-state index contributed by atoms with van der Waals surface area (Å²) in [6.07, 6.45) is 5.35. The van der Waals surface area contributed by atoms with Crippen LogP contribution < -0.4 is 4.90 Å². The van der Waals surface area contributed by atoms with Gasteiger partial charge in [-0.1, -0.05) is 235 Å². The van der Waals surface area contributed by atoms with E-state index in [2.05, 4.69) is 277 Å². The van der Waals surface area contributed by atoms with Crippen LogP contribution in [0.2, 0.25) is 0 Å². The van der Waals surface area contributed by atoms with Crippen LogP contribution >= 0.6 is 11.8 Å². The molecule has 5 aliphatic rings. The highest BCUT2D eigenvalue weighted by Crippen LogP contribution is 2.68. The van der Waals surface area contributed by atoms with E-state index >= 15 is 0 Å². The van der Waals surface area contributed by atoms with Gasteiger partial charge in [-0.3, -0.25) is 0 Å². The third-order valence-electron chi connectivity index (χ3n) is 17.9. The molecule has 3 atom stereocenters. The van der Waals surface area contributed by atoms with Gasteiger partial charge in [0.2, 0.25) is 0 Å². The third-order valence-corrected chi connectivity index (χ3v) is 19.1. The molecule has 374 valence electrons. The Hall–Kier alpha value is -6.61. The molecule has 1 heterocycles. The molecule has 0 aromatic heterocycles. The number of hydrogen-bond acceptors (Lipinski definition) is 2. The molecule has 3 unspecified atom stereocenters. The molecule has 1 aliphatic heterocycles. The molecule has 0 N–H and O–H groups in total. The van der Waals surface area contributed by atoms with E-state index in [-0.39, 0.29) is 21.7 Å². The summed E-state index contributed by atoms with van der Waals surface area (Å²) in [7, 11) is 0. The van der Waals surface area contributed by atoms with E-state index < -0.39 is 10.8 Å². The van der Waals surface area contributed by atoms with Gasteiger partial charge in [-0.25, -0.2) is 0 Å². The number of nitrogens with zero attached hydrogens (tertiary/aromatic N) is 1. The molecule has 2 spiro atoms. The van der Waals surface area contributed by atoms with Crippen molar-refractivity contribution in [2.75, 3.05) is 4.90 Å². The van der Waals surface area contributed by atoms with Crippen molar-refractivity contribution in [1.82, 2.24) is 0 Å². The Bertz CT molecular complexity index is 3690. The van der Waals surface area contributed by atoms with Gasteiger partial charge in [0.25, 0.3) is 0 Å². The predicted molar refractivity (Wildman–Crippen MR) is 319 cm³/mol. The van der Waals surface area contributed by atoms with Crippen molar-refractivity contribution in [3.05, 3.63) is 249 Å². The SMILES string of the molecule is CC1C=C2C(=CC1C(C)(C)C)C1(c3cc(C(C)(C)C)ccc32)c2ccccc2-c2ccc(N(c3ccccc3)c3ccc4c(c3)C3(c5cc(C(C)(C)C)ccc5Sc5ccc(C(C)(C)C)cc53)c3ccccc3-4)cc21. The molecule has 75 heavy (non-hydrogen) atoms. The minimum atomic E-state index is -0.554. The molecule has 0 saturated carbocycles. The summed E-state index contributed by atoms with van der Waals surface area (Å²) in [6, 6.07) is 66.8. The summed E-state index contributed by atoms with van der Waals surface area (Å²) in [4.78, 5) is 5.21. The summed E-state index contributed by atoms with van der Waals surface area (Å²) < 4.78 is 0. The lowest BCUT2D eigenvalue weighted by molar-refractivity contribution is 0.243. The van der Waals surface area contributed by atoms with Crippen molar-refractivity contribution < 1.29 is 0 Å². The second-order valence-electron chi connectivity index (χ2n) is 26.7. The Morgan fingerprint density at radius 3 is 1.32 bits per heavy atom. The van der Waals surface area contributed by atoms with Crippen molar-refractivity contribution in [2.24, 2.45) is 17.3 Å². The van der Waals surface area contributed by atoms with Gasteiger partial charge in [0.1, 0.15) is 0 Å². The van der Waals surface area contributed by atoms with Gasteiger partial charge in [-0.15, -0.1) is 0 Å². The highest BCUT2D eigenvalue weighted by molar-refractivity contribution is 7.99. The lowest BCUT2D eigenvalue weighted by atomic mass is 9.64. The van der Waals surface area contributed by atoms with E-state index in [1.54, 1.807) is 0 Å². The first-order valence-corrected chi connectivity index (χ1v) is 28.3. The second kappa shape index (κ2) is 16.2. The zero-order valence-corrected chi connectivity index (χ0v) is 47.1. The van der Waals surface area contributed by atoms with Gasteiger partial charge in [0.05, 0.1) is 10.8 Å². The molecule has 0 fully saturated rings. The molecule has 0 bridgehead atoms. The molecule has 8 aromatic rings.